The van der Waals surface area contributed by atoms with Crippen LogP contribution in [0.1, 0.15) is 50.2 Å². The maximum Gasteiger partial charge on any atom is 0.387 e. The first-order valence-electron chi connectivity index (χ1n) is 13.1. The largest absolute Gasteiger partial charge is 0.492 e. The van der Waals surface area contributed by atoms with E-state index in [0.29, 0.717) is 28.7 Å². The van der Waals surface area contributed by atoms with Crippen LogP contribution in [0.5, 0.6) is 11.5 Å². The van der Waals surface area contributed by atoms with Crippen molar-refractivity contribution in [3.05, 3.63) is 89.4 Å². The number of unbranched alkanes of at least 4 members (excludes halogenated alkanes) is 4. The van der Waals surface area contributed by atoms with Crippen molar-refractivity contribution in [2.45, 2.75) is 58.5 Å². The van der Waals surface area contributed by atoms with E-state index < -0.39 is 29.8 Å². The van der Waals surface area contributed by atoms with Gasteiger partial charge in [0.05, 0.1) is 18.5 Å². The predicted octanol–water partition coefficient (Wildman–Crippen LogP) is 9.05. The third kappa shape index (κ3) is 7.46. The summed E-state index contributed by atoms with van der Waals surface area (Å²) in [5.41, 5.74) is 2.15. The molecule has 3 nitrogen and oxygen atoms in total. The maximum atomic E-state index is 15.3. The number of fused-ring (bicyclic) bond motifs is 1. The summed E-state index contributed by atoms with van der Waals surface area (Å²) in [6.45, 7) is -0.499. The molecule has 0 N–H and O–H groups in total. The summed E-state index contributed by atoms with van der Waals surface area (Å²) in [5, 5.41) is 1.10. The third-order valence-corrected chi connectivity index (χ3v) is 6.53. The number of hydrogen-bond donors (Lipinski definition) is 0. The van der Waals surface area contributed by atoms with Gasteiger partial charge in [-0.15, -0.1) is 0 Å². The van der Waals surface area contributed by atoms with Crippen LogP contribution in [0.3, 0.4) is 0 Å². The molecule has 1 aromatic heterocycles. The molecule has 0 saturated carbocycles. The van der Waals surface area contributed by atoms with Crippen LogP contribution in [0.4, 0.5) is 22.0 Å². The highest BCUT2D eigenvalue weighted by molar-refractivity contribution is 5.88. The van der Waals surface area contributed by atoms with E-state index in [-0.39, 0.29) is 18.4 Å². The van der Waals surface area contributed by atoms with Crippen molar-refractivity contribution in [2.75, 3.05) is 6.61 Å². The van der Waals surface area contributed by atoms with Gasteiger partial charge >= 0.3 is 6.61 Å². The highest BCUT2D eigenvalue weighted by Gasteiger charge is 2.17. The van der Waals surface area contributed by atoms with Crippen molar-refractivity contribution in [3.8, 4) is 22.8 Å². The zero-order valence-corrected chi connectivity index (χ0v) is 21.7. The Kier molecular flexibility index (Phi) is 9.74. The quantitative estimate of drug-likeness (QED) is 0.125. The van der Waals surface area contributed by atoms with Gasteiger partial charge in [0.2, 0.25) is 0 Å². The van der Waals surface area contributed by atoms with Crippen molar-refractivity contribution in [1.29, 1.82) is 0 Å². The molecule has 0 bridgehead atoms. The van der Waals surface area contributed by atoms with Crippen LogP contribution in [-0.4, -0.2) is 18.2 Å². The Morgan fingerprint density at radius 2 is 1.59 bits per heavy atom. The molecule has 39 heavy (non-hydrogen) atoms. The van der Waals surface area contributed by atoms with E-state index in [1.165, 1.54) is 19.3 Å². The van der Waals surface area contributed by atoms with Crippen LogP contribution in [0, 0.1) is 17.5 Å². The minimum atomic E-state index is -3.34. The van der Waals surface area contributed by atoms with Crippen LogP contribution in [0.25, 0.3) is 22.0 Å². The molecular formula is C31H30F5NO2. The number of aromatic nitrogens is 1. The van der Waals surface area contributed by atoms with Gasteiger partial charge in [0.1, 0.15) is 11.6 Å². The summed E-state index contributed by atoms with van der Waals surface area (Å²) < 4.78 is 77.6. The minimum Gasteiger partial charge on any atom is -0.492 e. The average Bonchev–Trinajstić information content (AvgIpc) is 2.92. The molecule has 8 heteroatoms. The van der Waals surface area contributed by atoms with Gasteiger partial charge in [-0.05, 0) is 66.1 Å². The summed E-state index contributed by atoms with van der Waals surface area (Å²) >= 11 is 0. The molecule has 0 atom stereocenters. The van der Waals surface area contributed by atoms with Gasteiger partial charge in [0.25, 0.3) is 0 Å². The highest BCUT2D eigenvalue weighted by Crippen LogP contribution is 2.29. The fourth-order valence-corrected chi connectivity index (χ4v) is 4.46. The fraction of sp³-hybridized carbons (Fsp3) is 0.323. The standard InChI is InChI=1S/C31H30F5NO2/c1-2-3-4-5-6-15-38-24-12-14-28(37-19-24)23-11-13-25-22(18-23)10-9-21(29(25)34)8-7-20-16-26(32)30(27(33)17-20)39-31(35)36/h9-14,16-19,31H,2-8,15H2,1H3. The first kappa shape index (κ1) is 28.3. The molecule has 1 heterocycles. The SMILES string of the molecule is CCCCCCCOc1ccc(-c2ccc3c(F)c(CCc4cc(F)c(OC(F)F)c(F)c4)ccc3c2)nc1. The van der Waals surface area contributed by atoms with Gasteiger partial charge in [-0.25, -0.2) is 13.2 Å². The first-order valence-corrected chi connectivity index (χ1v) is 13.1. The Labute approximate surface area is 224 Å². The lowest BCUT2D eigenvalue weighted by atomic mass is 9.98. The number of halogens is 5. The maximum absolute atomic E-state index is 15.3. The van der Waals surface area contributed by atoms with Gasteiger partial charge < -0.3 is 9.47 Å². The average molecular weight is 544 g/mol. The smallest absolute Gasteiger partial charge is 0.387 e. The van der Waals surface area contributed by atoms with Crippen molar-refractivity contribution in [3.63, 3.8) is 0 Å². The van der Waals surface area contributed by atoms with E-state index in [4.69, 9.17) is 4.74 Å². The fourth-order valence-electron chi connectivity index (χ4n) is 4.46. The molecule has 0 spiro atoms. The highest BCUT2D eigenvalue weighted by atomic mass is 19.3. The van der Waals surface area contributed by atoms with Gasteiger partial charge in [-0.3, -0.25) is 4.98 Å². The molecule has 206 valence electrons. The van der Waals surface area contributed by atoms with Crippen LogP contribution in [-0.2, 0) is 12.8 Å². The molecule has 0 aliphatic carbocycles. The van der Waals surface area contributed by atoms with Crippen LogP contribution in [0.15, 0.2) is 60.8 Å². The monoisotopic (exact) mass is 543 g/mol. The number of pyridine rings is 1. The van der Waals surface area contributed by atoms with Crippen molar-refractivity contribution >= 4 is 10.8 Å². The molecule has 0 amide bonds. The zero-order chi connectivity index (χ0) is 27.8. The molecule has 0 saturated heterocycles. The summed E-state index contributed by atoms with van der Waals surface area (Å²) in [6, 6.07) is 14.3. The second-order valence-corrected chi connectivity index (χ2v) is 9.38. The van der Waals surface area contributed by atoms with Gasteiger partial charge in [0, 0.05) is 10.9 Å². The number of rotatable bonds is 13. The lowest BCUT2D eigenvalue weighted by Crippen LogP contribution is -2.06. The van der Waals surface area contributed by atoms with E-state index >= 15 is 4.39 Å². The van der Waals surface area contributed by atoms with Crippen molar-refractivity contribution < 1.29 is 31.4 Å². The summed E-state index contributed by atoms with van der Waals surface area (Å²) in [7, 11) is 0. The summed E-state index contributed by atoms with van der Waals surface area (Å²) in [5.74, 6) is -3.30. The second-order valence-electron chi connectivity index (χ2n) is 9.38. The number of nitrogens with zero attached hydrogens (tertiary/aromatic N) is 1. The van der Waals surface area contributed by atoms with Gasteiger partial charge in [0.15, 0.2) is 17.4 Å². The first-order chi connectivity index (χ1) is 18.9. The third-order valence-electron chi connectivity index (χ3n) is 6.53. The van der Waals surface area contributed by atoms with E-state index in [2.05, 4.69) is 16.6 Å². The molecule has 0 unspecified atom stereocenters. The topological polar surface area (TPSA) is 31.4 Å². The van der Waals surface area contributed by atoms with Crippen LogP contribution in [0.2, 0.25) is 0 Å². The molecule has 4 rings (SSSR count). The van der Waals surface area contributed by atoms with E-state index in [1.54, 1.807) is 30.5 Å². The molecule has 3 aromatic carbocycles. The lowest BCUT2D eigenvalue weighted by molar-refractivity contribution is -0.0546. The molecule has 0 aliphatic rings. The molecule has 0 fully saturated rings. The number of ether oxygens (including phenoxy) is 2. The van der Waals surface area contributed by atoms with E-state index in [1.807, 2.05) is 18.2 Å². The van der Waals surface area contributed by atoms with Gasteiger partial charge in [-0.1, -0.05) is 56.9 Å². The minimum absolute atomic E-state index is 0.111. The van der Waals surface area contributed by atoms with Gasteiger partial charge in [-0.2, -0.15) is 8.78 Å². The Morgan fingerprint density at radius 1 is 0.821 bits per heavy atom. The van der Waals surface area contributed by atoms with Crippen molar-refractivity contribution in [2.24, 2.45) is 0 Å². The van der Waals surface area contributed by atoms with E-state index in [0.717, 1.165) is 36.2 Å². The summed E-state index contributed by atoms with van der Waals surface area (Å²) in [6.07, 6.45) is 7.80. The Hall–Kier alpha value is -3.68. The Balaban J connectivity index is 1.41. The zero-order valence-electron chi connectivity index (χ0n) is 21.7. The predicted molar refractivity (Wildman–Crippen MR) is 142 cm³/mol. The van der Waals surface area contributed by atoms with Crippen molar-refractivity contribution in [1.82, 2.24) is 4.98 Å². The van der Waals surface area contributed by atoms with Crippen LogP contribution >= 0.6 is 0 Å². The molecule has 4 aromatic rings. The normalized spacial score (nSPS) is 11.4. The van der Waals surface area contributed by atoms with E-state index in [9.17, 15) is 17.6 Å². The second kappa shape index (κ2) is 13.4. The Morgan fingerprint density at radius 3 is 2.28 bits per heavy atom. The molecule has 0 aliphatic heterocycles. The molecule has 0 radical (unpaired) electrons. The number of alkyl halides is 2. The number of benzene rings is 3. The summed E-state index contributed by atoms with van der Waals surface area (Å²) in [4.78, 5) is 4.49. The Bertz CT molecular complexity index is 1370. The van der Waals surface area contributed by atoms with Crippen LogP contribution < -0.4 is 9.47 Å². The number of hydrogen-bond acceptors (Lipinski definition) is 3. The number of aryl methyl sites for hydroxylation is 2. The molecular weight excluding hydrogens is 513 g/mol. The lowest BCUT2D eigenvalue weighted by Gasteiger charge is -2.11.